The van der Waals surface area contributed by atoms with Gasteiger partial charge in [-0.05, 0) is 50.2 Å². The highest BCUT2D eigenvalue weighted by Crippen LogP contribution is 2.37. The lowest BCUT2D eigenvalue weighted by Crippen LogP contribution is -2.52. The van der Waals surface area contributed by atoms with Gasteiger partial charge in [0.15, 0.2) is 0 Å². The maximum absolute atomic E-state index is 13.0. The molecule has 0 aliphatic carbocycles. The van der Waals surface area contributed by atoms with Crippen molar-refractivity contribution in [2.24, 2.45) is 11.8 Å². The topological polar surface area (TPSA) is 62.7 Å². The van der Waals surface area contributed by atoms with Gasteiger partial charge in [-0.25, -0.2) is 4.98 Å². The molecule has 0 bridgehead atoms. The molecule has 3 fully saturated rings. The Morgan fingerprint density at radius 2 is 1.97 bits per heavy atom. The zero-order chi connectivity index (χ0) is 20.4. The second-order valence-electron chi connectivity index (χ2n) is 9.33. The molecular formula is C23H33N3O3. The van der Waals surface area contributed by atoms with Crippen molar-refractivity contribution in [3.05, 3.63) is 23.9 Å². The van der Waals surface area contributed by atoms with Gasteiger partial charge in [-0.1, -0.05) is 13.8 Å². The number of anilines is 1. The Balaban J connectivity index is 1.34. The first-order chi connectivity index (χ1) is 14.0. The van der Waals surface area contributed by atoms with E-state index in [2.05, 4.69) is 23.7 Å². The standard InChI is InChI=1S/C23H33N3O3/c1-17(2)14-20(27)19-4-3-10-26(16-19)22(28)18-5-6-21(24-15-18)25-11-7-23(8-12-25)9-13-29-23/h5-6,15,17,19H,3-4,7-14,16H2,1-2H3/t19-/m0/s1. The molecule has 3 aliphatic heterocycles. The minimum Gasteiger partial charge on any atom is -0.375 e. The van der Waals surface area contributed by atoms with E-state index in [0.29, 0.717) is 30.2 Å². The van der Waals surface area contributed by atoms with Gasteiger partial charge in [0.1, 0.15) is 11.6 Å². The summed E-state index contributed by atoms with van der Waals surface area (Å²) in [7, 11) is 0. The molecule has 1 spiro atoms. The summed E-state index contributed by atoms with van der Waals surface area (Å²) in [6, 6.07) is 3.84. The SMILES string of the molecule is CC(C)CC(=O)[C@H]1CCCN(C(=O)c2ccc(N3CCC4(CCO4)CC3)nc2)C1. The van der Waals surface area contributed by atoms with Crippen LogP contribution in [0.15, 0.2) is 18.3 Å². The van der Waals surface area contributed by atoms with Crippen LogP contribution in [-0.4, -0.2) is 60.0 Å². The van der Waals surface area contributed by atoms with Crippen LogP contribution in [0.4, 0.5) is 5.82 Å². The van der Waals surface area contributed by atoms with Crippen LogP contribution in [0, 0.1) is 11.8 Å². The van der Waals surface area contributed by atoms with E-state index in [0.717, 1.165) is 57.7 Å². The van der Waals surface area contributed by atoms with Gasteiger partial charge in [-0.2, -0.15) is 0 Å². The van der Waals surface area contributed by atoms with E-state index in [1.807, 2.05) is 17.0 Å². The average Bonchev–Trinajstić information content (AvgIpc) is 2.72. The monoisotopic (exact) mass is 399 g/mol. The molecule has 0 unspecified atom stereocenters. The molecular weight excluding hydrogens is 366 g/mol. The second kappa shape index (κ2) is 8.42. The summed E-state index contributed by atoms with van der Waals surface area (Å²) in [6.07, 6.45) is 7.37. The number of amides is 1. The maximum atomic E-state index is 13.0. The molecule has 4 heterocycles. The fourth-order valence-corrected chi connectivity index (χ4v) is 4.80. The van der Waals surface area contributed by atoms with Crippen LogP contribution in [0.5, 0.6) is 0 Å². The van der Waals surface area contributed by atoms with Crippen LogP contribution in [0.3, 0.4) is 0 Å². The Kier molecular flexibility index (Phi) is 5.91. The Morgan fingerprint density at radius 1 is 1.21 bits per heavy atom. The number of pyridine rings is 1. The van der Waals surface area contributed by atoms with Crippen molar-refractivity contribution >= 4 is 17.5 Å². The number of nitrogens with zero attached hydrogens (tertiary/aromatic N) is 3. The van der Waals surface area contributed by atoms with Gasteiger partial charge >= 0.3 is 0 Å². The van der Waals surface area contributed by atoms with Crippen molar-refractivity contribution in [1.29, 1.82) is 0 Å². The van der Waals surface area contributed by atoms with Crippen molar-refractivity contribution in [2.45, 2.75) is 58.0 Å². The van der Waals surface area contributed by atoms with Crippen molar-refractivity contribution in [3.8, 4) is 0 Å². The number of hydrogen-bond donors (Lipinski definition) is 0. The molecule has 1 atom stereocenters. The van der Waals surface area contributed by atoms with Crippen LogP contribution < -0.4 is 4.90 Å². The molecule has 4 rings (SSSR count). The summed E-state index contributed by atoms with van der Waals surface area (Å²) in [6.45, 7) is 8.20. The van der Waals surface area contributed by atoms with E-state index in [4.69, 9.17) is 4.74 Å². The zero-order valence-corrected chi connectivity index (χ0v) is 17.7. The van der Waals surface area contributed by atoms with Crippen LogP contribution in [0.2, 0.25) is 0 Å². The van der Waals surface area contributed by atoms with Gasteiger partial charge in [0, 0.05) is 44.7 Å². The highest BCUT2D eigenvalue weighted by molar-refractivity contribution is 5.94. The summed E-state index contributed by atoms with van der Waals surface area (Å²) in [4.78, 5) is 34.1. The molecule has 3 aliphatic rings. The van der Waals surface area contributed by atoms with E-state index in [1.54, 1.807) is 6.20 Å². The van der Waals surface area contributed by atoms with E-state index < -0.39 is 0 Å². The van der Waals surface area contributed by atoms with Gasteiger partial charge in [0.05, 0.1) is 17.8 Å². The van der Waals surface area contributed by atoms with Crippen LogP contribution in [0.1, 0.15) is 62.7 Å². The number of aromatic nitrogens is 1. The Bertz CT molecular complexity index is 732. The molecule has 0 N–H and O–H groups in total. The third kappa shape index (κ3) is 4.47. The lowest BCUT2D eigenvalue weighted by Gasteiger charge is -2.47. The number of ketones is 1. The number of rotatable bonds is 5. The molecule has 158 valence electrons. The summed E-state index contributed by atoms with van der Waals surface area (Å²) in [5.74, 6) is 1.57. The van der Waals surface area contributed by atoms with Gasteiger partial charge in [-0.15, -0.1) is 0 Å². The molecule has 1 aromatic rings. The predicted octanol–water partition coefficient (Wildman–Crippen LogP) is 3.31. The van der Waals surface area contributed by atoms with Crippen molar-refractivity contribution < 1.29 is 14.3 Å². The van der Waals surface area contributed by atoms with Crippen molar-refractivity contribution in [1.82, 2.24) is 9.88 Å². The lowest BCUT2D eigenvalue weighted by atomic mass is 9.84. The second-order valence-corrected chi connectivity index (χ2v) is 9.33. The van der Waals surface area contributed by atoms with Gasteiger partial charge in [-0.3, -0.25) is 9.59 Å². The van der Waals surface area contributed by atoms with E-state index in [9.17, 15) is 9.59 Å². The van der Waals surface area contributed by atoms with Crippen molar-refractivity contribution in [3.63, 3.8) is 0 Å². The first-order valence-corrected chi connectivity index (χ1v) is 11.1. The maximum Gasteiger partial charge on any atom is 0.255 e. The zero-order valence-electron chi connectivity index (χ0n) is 17.7. The molecule has 1 aromatic heterocycles. The number of carbonyl (C=O) groups excluding carboxylic acids is 2. The van der Waals surface area contributed by atoms with Gasteiger partial charge in [0.2, 0.25) is 0 Å². The van der Waals surface area contributed by atoms with Gasteiger partial charge in [0.25, 0.3) is 5.91 Å². The third-order valence-electron chi connectivity index (χ3n) is 6.73. The summed E-state index contributed by atoms with van der Waals surface area (Å²) in [5.41, 5.74) is 0.742. The molecule has 0 aromatic carbocycles. The first kappa shape index (κ1) is 20.3. The average molecular weight is 400 g/mol. The van der Waals surface area contributed by atoms with E-state index in [1.165, 1.54) is 6.42 Å². The molecule has 29 heavy (non-hydrogen) atoms. The summed E-state index contributed by atoms with van der Waals surface area (Å²) < 4.78 is 5.79. The number of carbonyl (C=O) groups is 2. The van der Waals surface area contributed by atoms with Crippen LogP contribution in [0.25, 0.3) is 0 Å². The molecule has 0 radical (unpaired) electrons. The normalized spacial score (nSPS) is 23.9. The van der Waals surface area contributed by atoms with E-state index >= 15 is 0 Å². The molecule has 0 saturated carbocycles. The Labute approximate surface area is 173 Å². The molecule has 1 amide bonds. The minimum atomic E-state index is -0.0169. The number of ether oxygens (including phenoxy) is 1. The fourth-order valence-electron chi connectivity index (χ4n) is 4.80. The molecule has 6 nitrogen and oxygen atoms in total. The van der Waals surface area contributed by atoms with Crippen molar-refractivity contribution in [2.75, 3.05) is 37.7 Å². The lowest BCUT2D eigenvalue weighted by molar-refractivity contribution is -0.158. The Morgan fingerprint density at radius 3 is 2.55 bits per heavy atom. The largest absolute Gasteiger partial charge is 0.375 e. The minimum absolute atomic E-state index is 0.00781. The quantitative estimate of drug-likeness (QED) is 0.760. The fraction of sp³-hybridized carbons (Fsp3) is 0.696. The smallest absolute Gasteiger partial charge is 0.255 e. The summed E-state index contributed by atoms with van der Waals surface area (Å²) in [5, 5.41) is 0. The highest BCUT2D eigenvalue weighted by atomic mass is 16.5. The highest BCUT2D eigenvalue weighted by Gasteiger charge is 2.41. The number of piperidine rings is 2. The molecule has 6 heteroatoms. The number of hydrogen-bond acceptors (Lipinski definition) is 5. The van der Waals surface area contributed by atoms with Gasteiger partial charge < -0.3 is 14.5 Å². The number of Topliss-reactive ketones (excluding diaryl/α,β-unsaturated/α-hetero) is 1. The van der Waals surface area contributed by atoms with Crippen LogP contribution >= 0.6 is 0 Å². The van der Waals surface area contributed by atoms with Crippen LogP contribution in [-0.2, 0) is 9.53 Å². The summed E-state index contributed by atoms with van der Waals surface area (Å²) >= 11 is 0. The number of likely N-dealkylation sites (tertiary alicyclic amines) is 1. The third-order valence-corrected chi connectivity index (χ3v) is 6.73. The predicted molar refractivity (Wildman–Crippen MR) is 112 cm³/mol. The Hall–Kier alpha value is -1.95. The first-order valence-electron chi connectivity index (χ1n) is 11.1. The van der Waals surface area contributed by atoms with E-state index in [-0.39, 0.29) is 17.4 Å². The molecule has 3 saturated heterocycles.